The molecule has 1 N–H and O–H groups in total. The molecule has 1 atom stereocenters. The molecular weight excluding hydrogens is 399 g/mol. The predicted molar refractivity (Wildman–Crippen MR) is 102 cm³/mol. The van der Waals surface area contributed by atoms with Gasteiger partial charge in [-0.05, 0) is 43.3 Å². The van der Waals surface area contributed by atoms with Crippen LogP contribution in [0.5, 0.6) is 0 Å². The Balaban J connectivity index is 1.63. The highest BCUT2D eigenvalue weighted by Crippen LogP contribution is 2.33. The number of fused-ring (bicyclic) bond motifs is 1. The number of hydrogen-bond acceptors (Lipinski definition) is 4. The molecule has 2 aromatic heterocycles. The lowest BCUT2D eigenvalue weighted by Gasteiger charge is -2.32. The Kier molecular flexibility index (Phi) is 4.76. The molecule has 2 amide bonds. The molecule has 7 nitrogen and oxygen atoms in total. The Morgan fingerprint density at radius 2 is 1.90 bits per heavy atom. The summed E-state index contributed by atoms with van der Waals surface area (Å²) in [6.07, 6.45) is -0.149. The van der Waals surface area contributed by atoms with E-state index >= 15 is 0 Å². The summed E-state index contributed by atoms with van der Waals surface area (Å²) in [6.45, 7) is 2.06. The molecule has 0 bridgehead atoms. The van der Waals surface area contributed by atoms with E-state index in [4.69, 9.17) is 0 Å². The third-order valence-corrected chi connectivity index (χ3v) is 4.79. The van der Waals surface area contributed by atoms with Crippen LogP contribution in [0.15, 0.2) is 55.0 Å². The number of carbonyl (C=O) groups excluding carboxylic acids is 2. The smallest absolute Gasteiger partial charge is 0.319 e. The first-order chi connectivity index (χ1) is 14.3. The maximum absolute atomic E-state index is 13.1. The van der Waals surface area contributed by atoms with E-state index in [9.17, 15) is 22.8 Å². The summed E-state index contributed by atoms with van der Waals surface area (Å²) in [5.41, 5.74) is 0.228. The molecule has 0 saturated heterocycles. The van der Waals surface area contributed by atoms with Crippen molar-refractivity contribution in [2.45, 2.75) is 19.1 Å². The van der Waals surface area contributed by atoms with Crippen molar-refractivity contribution in [1.82, 2.24) is 14.8 Å². The molecule has 0 saturated carbocycles. The van der Waals surface area contributed by atoms with E-state index in [0.717, 1.165) is 12.1 Å². The van der Waals surface area contributed by atoms with Crippen molar-refractivity contribution >= 4 is 23.2 Å². The number of hydrogen-bond donors (Lipinski definition) is 1. The Labute approximate surface area is 169 Å². The Hall–Kier alpha value is -3.69. The summed E-state index contributed by atoms with van der Waals surface area (Å²) < 4.78 is 40.0. The number of nitrogens with zero attached hydrogens (tertiary/aromatic N) is 4. The van der Waals surface area contributed by atoms with Crippen LogP contribution in [0.3, 0.4) is 0 Å². The maximum atomic E-state index is 13.1. The third-order valence-electron chi connectivity index (χ3n) is 4.79. The zero-order chi connectivity index (χ0) is 21.5. The minimum Gasteiger partial charge on any atom is -0.319 e. The number of carbonyl (C=O) groups is 2. The van der Waals surface area contributed by atoms with Crippen molar-refractivity contribution in [3.8, 4) is 0 Å². The highest BCUT2D eigenvalue weighted by atomic mass is 19.4. The molecular formula is C20H16F3N5O2. The van der Waals surface area contributed by atoms with Crippen LogP contribution in [0.2, 0.25) is 0 Å². The molecule has 3 aromatic rings. The minimum atomic E-state index is -4.46. The normalized spacial score (nSPS) is 16.3. The number of aromatic nitrogens is 3. The Morgan fingerprint density at radius 3 is 2.53 bits per heavy atom. The van der Waals surface area contributed by atoms with Crippen LogP contribution >= 0.6 is 0 Å². The number of amides is 2. The highest BCUT2D eigenvalue weighted by Gasteiger charge is 2.35. The quantitative estimate of drug-likeness (QED) is 0.706. The largest absolute Gasteiger partial charge is 0.416 e. The van der Waals surface area contributed by atoms with Gasteiger partial charge in [-0.2, -0.15) is 18.3 Å². The molecule has 0 radical (unpaired) electrons. The van der Waals surface area contributed by atoms with E-state index in [0.29, 0.717) is 11.3 Å². The van der Waals surface area contributed by atoms with Gasteiger partial charge in [-0.1, -0.05) is 0 Å². The number of alkyl halides is 3. The first-order valence-corrected chi connectivity index (χ1v) is 9.03. The number of anilines is 2. The average molecular weight is 415 g/mol. The van der Waals surface area contributed by atoms with Crippen LogP contribution in [0.25, 0.3) is 0 Å². The summed E-state index contributed by atoms with van der Waals surface area (Å²) in [5, 5.41) is 6.86. The van der Waals surface area contributed by atoms with Gasteiger partial charge in [-0.15, -0.1) is 0 Å². The number of rotatable bonds is 3. The van der Waals surface area contributed by atoms with Crippen LogP contribution in [0.1, 0.15) is 39.4 Å². The van der Waals surface area contributed by atoms with E-state index < -0.39 is 23.6 Å². The molecule has 0 fully saturated rings. The van der Waals surface area contributed by atoms with Gasteiger partial charge in [-0.25, -0.2) is 0 Å². The summed E-state index contributed by atoms with van der Waals surface area (Å²) in [5.74, 6) is -0.919. The van der Waals surface area contributed by atoms with Crippen LogP contribution in [-0.2, 0) is 6.18 Å². The second-order valence-electron chi connectivity index (χ2n) is 6.86. The van der Waals surface area contributed by atoms with E-state index in [-0.39, 0.29) is 24.0 Å². The molecule has 154 valence electrons. The van der Waals surface area contributed by atoms with E-state index in [1.165, 1.54) is 40.3 Å². The first-order valence-electron chi connectivity index (χ1n) is 9.03. The molecule has 30 heavy (non-hydrogen) atoms. The zero-order valence-electron chi connectivity index (χ0n) is 15.7. The summed E-state index contributed by atoms with van der Waals surface area (Å²) in [6, 6.07) is 7.33. The lowest BCUT2D eigenvalue weighted by atomic mass is 10.1. The number of nitrogens with one attached hydrogen (secondary N) is 1. The highest BCUT2D eigenvalue weighted by molar-refractivity contribution is 6.13. The van der Waals surface area contributed by atoms with Gasteiger partial charge >= 0.3 is 6.18 Å². The predicted octanol–water partition coefficient (Wildman–Crippen LogP) is 3.77. The second kappa shape index (κ2) is 7.29. The van der Waals surface area contributed by atoms with Gasteiger partial charge in [0.2, 0.25) is 0 Å². The van der Waals surface area contributed by atoms with Crippen molar-refractivity contribution < 1.29 is 22.8 Å². The van der Waals surface area contributed by atoms with Crippen molar-refractivity contribution in [2.24, 2.45) is 0 Å². The van der Waals surface area contributed by atoms with Crippen LogP contribution in [0, 0.1) is 0 Å². The number of benzene rings is 1. The van der Waals surface area contributed by atoms with Crippen LogP contribution in [-0.4, -0.2) is 33.1 Å². The third kappa shape index (κ3) is 3.51. The number of halogens is 3. The molecule has 1 aromatic carbocycles. The average Bonchev–Trinajstić information content (AvgIpc) is 3.15. The first kappa shape index (κ1) is 19.6. The second-order valence-corrected chi connectivity index (χ2v) is 6.86. The zero-order valence-corrected chi connectivity index (χ0v) is 15.7. The molecule has 0 aliphatic carbocycles. The standard InChI is InChI=1S/C20H16F3N5O2/c1-12-11-27(15-6-4-14(5-7-15)20(21,22)23)19(30)17-16(10-25-28(12)17)26-18(29)13-3-2-8-24-9-13/h2-10,12H,11H2,1H3,(H,26,29)/t12-/m0/s1. The molecule has 3 heterocycles. The van der Waals surface area contributed by atoms with E-state index in [2.05, 4.69) is 15.4 Å². The van der Waals surface area contributed by atoms with Gasteiger partial charge in [-0.3, -0.25) is 19.3 Å². The Morgan fingerprint density at radius 1 is 1.17 bits per heavy atom. The SMILES string of the molecule is C[C@H]1CN(c2ccc(C(F)(F)F)cc2)C(=O)c2c(NC(=O)c3cccnc3)cnn21. The molecule has 1 aliphatic rings. The lowest BCUT2D eigenvalue weighted by molar-refractivity contribution is -0.137. The molecule has 10 heteroatoms. The van der Waals surface area contributed by atoms with Crippen molar-refractivity contribution in [2.75, 3.05) is 16.8 Å². The van der Waals surface area contributed by atoms with Crippen molar-refractivity contribution in [1.29, 1.82) is 0 Å². The molecule has 0 spiro atoms. The van der Waals surface area contributed by atoms with Crippen LogP contribution in [0.4, 0.5) is 24.5 Å². The van der Waals surface area contributed by atoms with Gasteiger partial charge < -0.3 is 10.2 Å². The summed E-state index contributed by atoms with van der Waals surface area (Å²) in [4.78, 5) is 30.8. The van der Waals surface area contributed by atoms with E-state index in [1.54, 1.807) is 12.1 Å². The number of pyridine rings is 1. The van der Waals surface area contributed by atoms with Gasteiger partial charge in [0, 0.05) is 24.6 Å². The molecule has 4 rings (SSSR count). The molecule has 1 aliphatic heterocycles. The Bertz CT molecular complexity index is 1090. The van der Waals surface area contributed by atoms with Crippen LogP contribution < -0.4 is 10.2 Å². The van der Waals surface area contributed by atoms with Crippen molar-refractivity contribution in [3.05, 3.63) is 71.8 Å². The van der Waals surface area contributed by atoms with Gasteiger partial charge in [0.05, 0.1) is 29.1 Å². The maximum Gasteiger partial charge on any atom is 0.416 e. The summed E-state index contributed by atoms with van der Waals surface area (Å²) in [7, 11) is 0. The monoisotopic (exact) mass is 415 g/mol. The summed E-state index contributed by atoms with van der Waals surface area (Å²) >= 11 is 0. The fraction of sp³-hybridized carbons (Fsp3) is 0.200. The van der Waals surface area contributed by atoms with Gasteiger partial charge in [0.1, 0.15) is 0 Å². The topological polar surface area (TPSA) is 80.1 Å². The van der Waals surface area contributed by atoms with Gasteiger partial charge in [0.25, 0.3) is 11.8 Å². The van der Waals surface area contributed by atoms with Gasteiger partial charge in [0.15, 0.2) is 5.69 Å². The van der Waals surface area contributed by atoms with E-state index in [1.807, 2.05) is 6.92 Å². The van der Waals surface area contributed by atoms with Crippen molar-refractivity contribution in [3.63, 3.8) is 0 Å². The minimum absolute atomic E-state index is 0.158. The fourth-order valence-electron chi connectivity index (χ4n) is 3.30. The fourth-order valence-corrected chi connectivity index (χ4v) is 3.30. The lowest BCUT2D eigenvalue weighted by Crippen LogP contribution is -2.43. The molecule has 0 unspecified atom stereocenters.